The maximum atomic E-state index is 5.35. The summed E-state index contributed by atoms with van der Waals surface area (Å²) in [6.07, 6.45) is 3.10. The van der Waals surface area contributed by atoms with Gasteiger partial charge in [-0.05, 0) is 43.5 Å². The van der Waals surface area contributed by atoms with Gasteiger partial charge in [0.2, 0.25) is 0 Å². The first kappa shape index (κ1) is 16.8. The zero-order valence-electron chi connectivity index (χ0n) is 13.1. The second-order valence-electron chi connectivity index (χ2n) is 4.83. The van der Waals surface area contributed by atoms with Gasteiger partial charge in [-0.1, -0.05) is 13.0 Å². The second-order valence-corrected chi connectivity index (χ2v) is 4.83. The largest absolute Gasteiger partial charge is 0.493 e. The predicted molar refractivity (Wildman–Crippen MR) is 81.8 cm³/mol. The summed E-state index contributed by atoms with van der Waals surface area (Å²) >= 11 is 0. The molecular weight excluding hydrogens is 254 g/mol. The summed E-state index contributed by atoms with van der Waals surface area (Å²) in [5.74, 6) is 1.55. The van der Waals surface area contributed by atoms with Crippen molar-refractivity contribution < 1.29 is 14.2 Å². The molecule has 1 unspecified atom stereocenters. The van der Waals surface area contributed by atoms with Gasteiger partial charge in [-0.2, -0.15) is 0 Å². The van der Waals surface area contributed by atoms with Gasteiger partial charge in [0, 0.05) is 19.8 Å². The van der Waals surface area contributed by atoms with Gasteiger partial charge in [0.25, 0.3) is 0 Å². The maximum absolute atomic E-state index is 5.35. The third kappa shape index (κ3) is 5.39. The fraction of sp³-hybridized carbons (Fsp3) is 0.625. The van der Waals surface area contributed by atoms with E-state index in [-0.39, 0.29) is 0 Å². The molecule has 1 aromatic rings. The van der Waals surface area contributed by atoms with E-state index in [0.29, 0.717) is 6.04 Å². The average molecular weight is 281 g/mol. The Bertz CT molecular complexity index is 374. The molecule has 0 fully saturated rings. The molecule has 114 valence electrons. The molecule has 4 nitrogen and oxygen atoms in total. The number of nitrogens with one attached hydrogen (secondary N) is 1. The van der Waals surface area contributed by atoms with E-state index >= 15 is 0 Å². The Hall–Kier alpha value is -1.26. The number of hydrogen-bond donors (Lipinski definition) is 1. The highest BCUT2D eigenvalue weighted by Gasteiger charge is 2.11. The summed E-state index contributed by atoms with van der Waals surface area (Å²) < 4.78 is 15.8. The van der Waals surface area contributed by atoms with Gasteiger partial charge >= 0.3 is 0 Å². The summed E-state index contributed by atoms with van der Waals surface area (Å²) in [7, 11) is 5.06. The Balaban J connectivity index is 2.70. The summed E-state index contributed by atoms with van der Waals surface area (Å²) in [5, 5.41) is 3.57. The van der Waals surface area contributed by atoms with Gasteiger partial charge in [-0.25, -0.2) is 0 Å². The van der Waals surface area contributed by atoms with Crippen molar-refractivity contribution in [2.24, 2.45) is 0 Å². The molecule has 0 aliphatic rings. The van der Waals surface area contributed by atoms with E-state index < -0.39 is 0 Å². The summed E-state index contributed by atoms with van der Waals surface area (Å²) in [6.45, 7) is 3.98. The summed E-state index contributed by atoms with van der Waals surface area (Å²) in [4.78, 5) is 0. The Kier molecular flexibility index (Phi) is 8.07. The van der Waals surface area contributed by atoms with Gasteiger partial charge in [0.1, 0.15) is 0 Å². The molecule has 1 rings (SSSR count). The number of hydrogen-bond acceptors (Lipinski definition) is 4. The Morgan fingerprint density at radius 3 is 2.45 bits per heavy atom. The van der Waals surface area contributed by atoms with Gasteiger partial charge < -0.3 is 19.5 Å². The third-order valence-electron chi connectivity index (χ3n) is 3.28. The number of rotatable bonds is 10. The lowest BCUT2D eigenvalue weighted by atomic mass is 10.0. The Morgan fingerprint density at radius 1 is 1.10 bits per heavy atom. The molecule has 4 heteroatoms. The molecule has 20 heavy (non-hydrogen) atoms. The van der Waals surface area contributed by atoms with Gasteiger partial charge in [-0.15, -0.1) is 0 Å². The quantitative estimate of drug-likeness (QED) is 0.716. The Morgan fingerprint density at radius 2 is 1.85 bits per heavy atom. The molecule has 0 spiro atoms. The first-order valence-electron chi connectivity index (χ1n) is 7.18. The lowest BCUT2D eigenvalue weighted by Crippen LogP contribution is -2.32. The van der Waals surface area contributed by atoms with Crippen LogP contribution in [0.4, 0.5) is 0 Å². The van der Waals surface area contributed by atoms with E-state index in [4.69, 9.17) is 14.2 Å². The normalized spacial score (nSPS) is 12.2. The standard InChI is InChI=1S/C16H27NO3/c1-5-9-17-14(8-10-18-2)11-13-6-7-15(19-3)16(12-13)20-4/h6-7,12,14,17H,5,8-11H2,1-4H3. The van der Waals surface area contributed by atoms with Crippen molar-refractivity contribution >= 4 is 0 Å². The second kappa shape index (κ2) is 9.61. The van der Waals surface area contributed by atoms with Crippen molar-refractivity contribution in [2.45, 2.75) is 32.2 Å². The van der Waals surface area contributed by atoms with Crippen LogP contribution in [-0.4, -0.2) is 40.5 Å². The van der Waals surface area contributed by atoms with Crippen LogP contribution in [0.2, 0.25) is 0 Å². The van der Waals surface area contributed by atoms with Crippen molar-refractivity contribution in [3.63, 3.8) is 0 Å². The van der Waals surface area contributed by atoms with Crippen LogP contribution in [0.15, 0.2) is 18.2 Å². The molecule has 1 aromatic carbocycles. The number of ether oxygens (including phenoxy) is 3. The van der Waals surface area contributed by atoms with Crippen LogP contribution < -0.4 is 14.8 Å². The molecule has 0 aliphatic heterocycles. The molecular formula is C16H27NO3. The summed E-state index contributed by atoms with van der Waals surface area (Å²) in [5.41, 5.74) is 1.24. The van der Waals surface area contributed by atoms with Crippen LogP contribution in [0.3, 0.4) is 0 Å². The highest BCUT2D eigenvalue weighted by atomic mass is 16.5. The van der Waals surface area contributed by atoms with Gasteiger partial charge in [0.05, 0.1) is 14.2 Å². The maximum Gasteiger partial charge on any atom is 0.160 e. The molecule has 0 aromatic heterocycles. The smallest absolute Gasteiger partial charge is 0.160 e. The minimum absolute atomic E-state index is 0.424. The lowest BCUT2D eigenvalue weighted by Gasteiger charge is -2.19. The molecule has 0 bridgehead atoms. The SMILES string of the molecule is CCCNC(CCOC)Cc1ccc(OC)c(OC)c1. The zero-order valence-corrected chi connectivity index (χ0v) is 13.1. The fourth-order valence-electron chi connectivity index (χ4n) is 2.18. The molecule has 0 saturated heterocycles. The average Bonchev–Trinajstić information content (AvgIpc) is 2.49. The van der Waals surface area contributed by atoms with E-state index in [9.17, 15) is 0 Å². The molecule has 0 heterocycles. The van der Waals surface area contributed by atoms with Crippen molar-refractivity contribution in [3.8, 4) is 11.5 Å². The van der Waals surface area contributed by atoms with E-state index in [1.165, 1.54) is 5.56 Å². The highest BCUT2D eigenvalue weighted by Crippen LogP contribution is 2.28. The topological polar surface area (TPSA) is 39.7 Å². The highest BCUT2D eigenvalue weighted by molar-refractivity contribution is 5.43. The zero-order chi connectivity index (χ0) is 14.8. The third-order valence-corrected chi connectivity index (χ3v) is 3.28. The predicted octanol–water partition coefficient (Wildman–Crippen LogP) is 2.65. The summed E-state index contributed by atoms with van der Waals surface area (Å²) in [6, 6.07) is 6.52. The van der Waals surface area contributed by atoms with E-state index in [0.717, 1.165) is 43.9 Å². The van der Waals surface area contributed by atoms with E-state index in [1.807, 2.05) is 12.1 Å². The van der Waals surface area contributed by atoms with Crippen LogP contribution in [0.5, 0.6) is 11.5 Å². The molecule has 0 aliphatic carbocycles. The first-order valence-corrected chi connectivity index (χ1v) is 7.18. The Labute approximate surface area is 122 Å². The van der Waals surface area contributed by atoms with Gasteiger partial charge in [0.15, 0.2) is 11.5 Å². The molecule has 0 radical (unpaired) electrons. The molecule has 0 amide bonds. The number of methoxy groups -OCH3 is 3. The van der Waals surface area contributed by atoms with Crippen molar-refractivity contribution in [2.75, 3.05) is 34.5 Å². The molecule has 1 N–H and O–H groups in total. The first-order chi connectivity index (χ1) is 9.74. The van der Waals surface area contributed by atoms with Crippen LogP contribution in [0.1, 0.15) is 25.3 Å². The van der Waals surface area contributed by atoms with Crippen molar-refractivity contribution in [1.82, 2.24) is 5.32 Å². The van der Waals surface area contributed by atoms with Crippen molar-refractivity contribution in [1.29, 1.82) is 0 Å². The fourth-order valence-corrected chi connectivity index (χ4v) is 2.18. The van der Waals surface area contributed by atoms with Crippen LogP contribution in [0.25, 0.3) is 0 Å². The van der Waals surface area contributed by atoms with Crippen LogP contribution >= 0.6 is 0 Å². The van der Waals surface area contributed by atoms with Gasteiger partial charge in [-0.3, -0.25) is 0 Å². The van der Waals surface area contributed by atoms with E-state index in [2.05, 4.69) is 18.3 Å². The minimum Gasteiger partial charge on any atom is -0.493 e. The van der Waals surface area contributed by atoms with E-state index in [1.54, 1.807) is 21.3 Å². The van der Waals surface area contributed by atoms with Crippen LogP contribution in [0, 0.1) is 0 Å². The van der Waals surface area contributed by atoms with Crippen molar-refractivity contribution in [3.05, 3.63) is 23.8 Å². The minimum atomic E-state index is 0.424. The van der Waals surface area contributed by atoms with Crippen LogP contribution in [-0.2, 0) is 11.2 Å². The lowest BCUT2D eigenvalue weighted by molar-refractivity contribution is 0.182. The molecule has 0 saturated carbocycles. The monoisotopic (exact) mass is 281 g/mol. The number of benzene rings is 1. The molecule has 1 atom stereocenters.